The Morgan fingerprint density at radius 3 is 2.45 bits per heavy atom. The molecule has 3 aromatic rings. The van der Waals surface area contributed by atoms with Crippen LogP contribution in [0.1, 0.15) is 5.56 Å². The minimum absolute atomic E-state index is 0.147. The Morgan fingerprint density at radius 1 is 1.05 bits per heavy atom. The van der Waals surface area contributed by atoms with Gasteiger partial charge >= 0.3 is 0 Å². The van der Waals surface area contributed by atoms with Crippen molar-refractivity contribution in [1.82, 2.24) is 14.5 Å². The minimum Gasteiger partial charge on any atom is -0.496 e. The van der Waals surface area contributed by atoms with Crippen molar-refractivity contribution in [1.29, 1.82) is 0 Å². The molecule has 1 aromatic carbocycles. The molecule has 0 saturated carbocycles. The Hall–Kier alpha value is -2.89. The van der Waals surface area contributed by atoms with Crippen LogP contribution in [0.15, 0.2) is 47.7 Å². The van der Waals surface area contributed by atoms with E-state index in [2.05, 4.69) is 9.97 Å². The summed E-state index contributed by atoms with van der Waals surface area (Å²) in [5.41, 5.74) is 1.08. The minimum atomic E-state index is -0.147. The second-order valence-corrected chi connectivity index (χ2v) is 4.69. The highest BCUT2D eigenvalue weighted by Crippen LogP contribution is 2.28. The Bertz CT molecular complexity index is 852. The molecular weight excluding hydrogens is 282 g/mol. The fourth-order valence-electron chi connectivity index (χ4n) is 2.37. The first kappa shape index (κ1) is 14.1. The third-order valence-corrected chi connectivity index (χ3v) is 3.46. The molecule has 112 valence electrons. The van der Waals surface area contributed by atoms with Crippen molar-refractivity contribution in [2.45, 2.75) is 6.54 Å². The lowest BCUT2D eigenvalue weighted by atomic mass is 10.1. The van der Waals surface area contributed by atoms with E-state index in [0.29, 0.717) is 29.1 Å². The molecule has 0 unspecified atom stereocenters. The van der Waals surface area contributed by atoms with E-state index in [-0.39, 0.29) is 5.56 Å². The first-order valence-electron chi connectivity index (χ1n) is 6.74. The van der Waals surface area contributed by atoms with Gasteiger partial charge in [-0.05, 0) is 24.3 Å². The summed E-state index contributed by atoms with van der Waals surface area (Å²) >= 11 is 0. The number of benzene rings is 1. The van der Waals surface area contributed by atoms with E-state index in [1.54, 1.807) is 32.5 Å². The van der Waals surface area contributed by atoms with Gasteiger partial charge in [-0.25, -0.2) is 9.97 Å². The average molecular weight is 297 g/mol. The maximum Gasteiger partial charge on any atom is 0.263 e. The number of pyridine rings is 1. The molecule has 6 nitrogen and oxygen atoms in total. The van der Waals surface area contributed by atoms with Gasteiger partial charge < -0.3 is 9.47 Å². The lowest BCUT2D eigenvalue weighted by Crippen LogP contribution is -2.22. The van der Waals surface area contributed by atoms with E-state index < -0.39 is 0 Å². The maximum absolute atomic E-state index is 12.5. The van der Waals surface area contributed by atoms with Gasteiger partial charge in [-0.15, -0.1) is 0 Å². The van der Waals surface area contributed by atoms with Gasteiger partial charge in [-0.2, -0.15) is 0 Å². The number of hydrogen-bond donors (Lipinski definition) is 0. The molecule has 3 rings (SSSR count). The predicted octanol–water partition coefficient (Wildman–Crippen LogP) is 1.86. The predicted molar refractivity (Wildman–Crippen MR) is 82.4 cm³/mol. The van der Waals surface area contributed by atoms with E-state index in [9.17, 15) is 4.79 Å². The zero-order valence-corrected chi connectivity index (χ0v) is 12.3. The van der Waals surface area contributed by atoms with Crippen molar-refractivity contribution >= 4 is 11.0 Å². The van der Waals surface area contributed by atoms with Crippen molar-refractivity contribution in [3.8, 4) is 11.5 Å². The Morgan fingerprint density at radius 2 is 1.77 bits per heavy atom. The third-order valence-electron chi connectivity index (χ3n) is 3.46. The van der Waals surface area contributed by atoms with Gasteiger partial charge in [-0.3, -0.25) is 9.36 Å². The van der Waals surface area contributed by atoms with Gasteiger partial charge in [0.25, 0.3) is 5.56 Å². The van der Waals surface area contributed by atoms with Gasteiger partial charge in [0.2, 0.25) is 0 Å². The number of fused-ring (bicyclic) bond motifs is 1. The van der Waals surface area contributed by atoms with Gasteiger partial charge in [0, 0.05) is 6.20 Å². The van der Waals surface area contributed by atoms with Crippen molar-refractivity contribution in [3.63, 3.8) is 0 Å². The highest BCUT2D eigenvalue weighted by Gasteiger charge is 2.12. The second-order valence-electron chi connectivity index (χ2n) is 4.69. The van der Waals surface area contributed by atoms with E-state index >= 15 is 0 Å². The zero-order valence-electron chi connectivity index (χ0n) is 12.3. The molecule has 2 heterocycles. The van der Waals surface area contributed by atoms with Crippen molar-refractivity contribution < 1.29 is 9.47 Å². The molecular formula is C16H15N3O3. The lowest BCUT2D eigenvalue weighted by Gasteiger charge is -2.14. The number of nitrogens with zero attached hydrogens (tertiary/aromatic N) is 3. The molecule has 0 atom stereocenters. The summed E-state index contributed by atoms with van der Waals surface area (Å²) in [7, 11) is 3.17. The van der Waals surface area contributed by atoms with Crippen molar-refractivity contribution in [2.24, 2.45) is 0 Å². The highest BCUT2D eigenvalue weighted by atomic mass is 16.5. The molecule has 0 aliphatic carbocycles. The molecule has 0 aliphatic heterocycles. The number of methoxy groups -OCH3 is 2. The van der Waals surface area contributed by atoms with E-state index in [0.717, 1.165) is 5.56 Å². The van der Waals surface area contributed by atoms with Crippen LogP contribution in [0.5, 0.6) is 11.5 Å². The molecule has 0 bridgehead atoms. The number of aromatic nitrogens is 3. The fraction of sp³-hybridized carbons (Fsp3) is 0.188. The van der Waals surface area contributed by atoms with Crippen LogP contribution in [-0.2, 0) is 6.54 Å². The highest BCUT2D eigenvalue weighted by molar-refractivity contribution is 5.72. The normalized spacial score (nSPS) is 10.6. The molecule has 0 N–H and O–H groups in total. The maximum atomic E-state index is 12.5. The number of rotatable bonds is 4. The van der Waals surface area contributed by atoms with E-state index in [4.69, 9.17) is 9.47 Å². The summed E-state index contributed by atoms with van der Waals surface area (Å²) in [5.74, 6) is 1.33. The Balaban J connectivity index is 2.11. The van der Waals surface area contributed by atoms with E-state index in [1.807, 2.05) is 18.2 Å². The summed E-state index contributed by atoms with van der Waals surface area (Å²) in [6.45, 7) is 0.309. The second kappa shape index (κ2) is 5.85. The van der Waals surface area contributed by atoms with Gasteiger partial charge in [0.05, 0.1) is 31.7 Å². The van der Waals surface area contributed by atoms with Gasteiger partial charge in [0.15, 0.2) is 5.65 Å². The van der Waals surface area contributed by atoms with Gasteiger partial charge in [0.1, 0.15) is 17.8 Å². The van der Waals surface area contributed by atoms with Crippen LogP contribution in [0.2, 0.25) is 0 Å². The van der Waals surface area contributed by atoms with Crippen LogP contribution < -0.4 is 15.0 Å². The quantitative estimate of drug-likeness (QED) is 0.735. The summed E-state index contributed by atoms with van der Waals surface area (Å²) < 4.78 is 12.2. The fourth-order valence-corrected chi connectivity index (χ4v) is 2.37. The molecule has 0 aliphatic rings. The molecule has 0 radical (unpaired) electrons. The van der Waals surface area contributed by atoms with Crippen LogP contribution in [0.3, 0.4) is 0 Å². The van der Waals surface area contributed by atoms with Gasteiger partial charge in [-0.1, -0.05) is 6.07 Å². The van der Waals surface area contributed by atoms with Crippen LogP contribution in [-0.4, -0.2) is 28.8 Å². The molecule has 6 heteroatoms. The first-order chi connectivity index (χ1) is 10.7. The zero-order chi connectivity index (χ0) is 15.5. The van der Waals surface area contributed by atoms with Crippen molar-refractivity contribution in [2.75, 3.05) is 14.2 Å². The Labute approximate surface area is 127 Å². The summed E-state index contributed by atoms with van der Waals surface area (Å²) in [5, 5.41) is 0.485. The summed E-state index contributed by atoms with van der Waals surface area (Å²) in [4.78, 5) is 20.8. The van der Waals surface area contributed by atoms with E-state index in [1.165, 1.54) is 10.9 Å². The summed E-state index contributed by atoms with van der Waals surface area (Å²) in [6.07, 6.45) is 3.10. The molecule has 0 fully saturated rings. The first-order valence-corrected chi connectivity index (χ1v) is 6.74. The number of hydrogen-bond acceptors (Lipinski definition) is 5. The summed E-state index contributed by atoms with van der Waals surface area (Å²) in [6, 6.07) is 8.94. The SMILES string of the molecule is COc1cccc(OC)c1Cn1cnc2ncccc2c1=O. The average Bonchev–Trinajstić information content (AvgIpc) is 2.57. The smallest absolute Gasteiger partial charge is 0.263 e. The van der Waals surface area contributed by atoms with Crippen LogP contribution in [0, 0.1) is 0 Å². The van der Waals surface area contributed by atoms with Crippen LogP contribution in [0.4, 0.5) is 0 Å². The largest absolute Gasteiger partial charge is 0.496 e. The molecule has 22 heavy (non-hydrogen) atoms. The van der Waals surface area contributed by atoms with Crippen LogP contribution >= 0.6 is 0 Å². The molecule has 0 amide bonds. The van der Waals surface area contributed by atoms with Crippen molar-refractivity contribution in [3.05, 3.63) is 58.8 Å². The molecule has 0 spiro atoms. The lowest BCUT2D eigenvalue weighted by molar-refractivity contribution is 0.383. The standard InChI is InChI=1S/C16H15N3O3/c1-21-13-6-3-7-14(22-2)12(13)9-19-10-18-15-11(16(19)20)5-4-8-17-15/h3-8,10H,9H2,1-2H3. The van der Waals surface area contributed by atoms with Crippen LogP contribution in [0.25, 0.3) is 11.0 Å². The Kier molecular flexibility index (Phi) is 3.74. The topological polar surface area (TPSA) is 66.2 Å². The third kappa shape index (κ3) is 2.39. The molecule has 2 aromatic heterocycles. The number of ether oxygens (including phenoxy) is 2. The molecule has 0 saturated heterocycles. The monoisotopic (exact) mass is 297 g/mol.